The molecule has 0 aliphatic carbocycles. The van der Waals surface area contributed by atoms with E-state index in [1.54, 1.807) is 31.1 Å². The summed E-state index contributed by atoms with van der Waals surface area (Å²) < 4.78 is 14.5. The van der Waals surface area contributed by atoms with Crippen LogP contribution in [0.4, 0.5) is 4.39 Å². The van der Waals surface area contributed by atoms with Gasteiger partial charge in [0.1, 0.15) is 17.3 Å². The van der Waals surface area contributed by atoms with Gasteiger partial charge in [0.25, 0.3) is 11.5 Å². The summed E-state index contributed by atoms with van der Waals surface area (Å²) >= 11 is 0. The van der Waals surface area contributed by atoms with Gasteiger partial charge in [-0.15, -0.1) is 0 Å². The van der Waals surface area contributed by atoms with Gasteiger partial charge in [0.15, 0.2) is 0 Å². The van der Waals surface area contributed by atoms with Crippen LogP contribution in [-0.4, -0.2) is 51.0 Å². The third kappa shape index (κ3) is 4.30. The predicted molar refractivity (Wildman–Crippen MR) is 115 cm³/mol. The number of benzene rings is 1. The molecule has 0 spiro atoms. The van der Waals surface area contributed by atoms with Gasteiger partial charge < -0.3 is 20.2 Å². The number of hydrogen-bond donors (Lipinski definition) is 2. The smallest absolute Gasteiger partial charge is 0.296 e. The summed E-state index contributed by atoms with van der Waals surface area (Å²) in [6.07, 6.45) is 0. The number of carbonyl (C=O) groups excluding carboxylic acids is 1. The maximum atomic E-state index is 13.1. The van der Waals surface area contributed by atoms with Crippen molar-refractivity contribution < 1.29 is 14.3 Å². The molecule has 1 aromatic heterocycles. The van der Waals surface area contributed by atoms with Crippen molar-refractivity contribution in [2.75, 3.05) is 20.6 Å². The van der Waals surface area contributed by atoms with E-state index >= 15 is 0 Å². The third-order valence-corrected chi connectivity index (χ3v) is 5.29. The van der Waals surface area contributed by atoms with Crippen LogP contribution in [-0.2, 0) is 17.9 Å². The number of nitrogens with one attached hydrogen (secondary N) is 1. The zero-order valence-electron chi connectivity index (χ0n) is 17.9. The van der Waals surface area contributed by atoms with Gasteiger partial charge in [-0.05, 0) is 24.6 Å². The summed E-state index contributed by atoms with van der Waals surface area (Å²) in [5.74, 6) is -0.657. The second kappa shape index (κ2) is 8.63. The first-order valence-electron chi connectivity index (χ1n) is 9.80. The molecule has 164 valence electrons. The van der Waals surface area contributed by atoms with Gasteiger partial charge in [-0.2, -0.15) is 0 Å². The van der Waals surface area contributed by atoms with E-state index in [4.69, 9.17) is 0 Å². The number of rotatable bonds is 6. The number of fused-ring (bicyclic) bond motifs is 1. The largest absolute Gasteiger partial charge is 0.501 e. The highest BCUT2D eigenvalue weighted by Crippen LogP contribution is 2.29. The SMILES string of the molecule is C=C(NCc1ccc(F)cc1)c1nc2n(c(=O)c1O)CCN(C(=C)C(=O)N(C)C)C2C. The molecule has 0 fully saturated rings. The van der Waals surface area contributed by atoms with Crippen molar-refractivity contribution >= 4 is 11.6 Å². The molecule has 31 heavy (non-hydrogen) atoms. The summed E-state index contributed by atoms with van der Waals surface area (Å²) in [5.41, 5.74) is 0.836. The minimum Gasteiger partial charge on any atom is -0.501 e. The third-order valence-electron chi connectivity index (χ3n) is 5.29. The molecule has 2 aromatic rings. The van der Waals surface area contributed by atoms with Crippen LogP contribution in [0.5, 0.6) is 5.75 Å². The van der Waals surface area contributed by atoms with Crippen LogP contribution in [0, 0.1) is 5.82 Å². The van der Waals surface area contributed by atoms with Crippen molar-refractivity contribution in [1.29, 1.82) is 0 Å². The molecular weight excluding hydrogens is 401 g/mol. The maximum absolute atomic E-state index is 13.1. The second-order valence-electron chi connectivity index (χ2n) is 7.60. The molecule has 8 nitrogen and oxygen atoms in total. The van der Waals surface area contributed by atoms with Gasteiger partial charge in [0.05, 0.1) is 17.4 Å². The van der Waals surface area contributed by atoms with Gasteiger partial charge in [-0.25, -0.2) is 9.37 Å². The Kier molecular flexibility index (Phi) is 6.14. The Morgan fingerprint density at radius 3 is 2.55 bits per heavy atom. The molecule has 0 saturated heterocycles. The molecule has 9 heteroatoms. The Bertz CT molecular complexity index is 1090. The highest BCUT2D eigenvalue weighted by atomic mass is 19.1. The van der Waals surface area contributed by atoms with Crippen LogP contribution < -0.4 is 10.9 Å². The lowest BCUT2D eigenvalue weighted by atomic mass is 10.1. The Balaban J connectivity index is 1.88. The monoisotopic (exact) mass is 427 g/mol. The summed E-state index contributed by atoms with van der Waals surface area (Å²) in [5, 5.41) is 13.5. The number of halogens is 1. The van der Waals surface area contributed by atoms with Crippen LogP contribution in [0.15, 0.2) is 47.9 Å². The molecule has 0 bridgehead atoms. The van der Waals surface area contributed by atoms with E-state index < -0.39 is 17.4 Å². The van der Waals surface area contributed by atoms with Crippen LogP contribution in [0.25, 0.3) is 5.70 Å². The number of aromatic nitrogens is 2. The first-order valence-corrected chi connectivity index (χ1v) is 9.80. The Morgan fingerprint density at radius 1 is 1.29 bits per heavy atom. The topological polar surface area (TPSA) is 90.7 Å². The average Bonchev–Trinajstić information content (AvgIpc) is 2.74. The fraction of sp³-hybridized carbons (Fsp3) is 0.318. The lowest BCUT2D eigenvalue weighted by Gasteiger charge is -2.38. The highest BCUT2D eigenvalue weighted by molar-refractivity contribution is 5.91. The quantitative estimate of drug-likeness (QED) is 0.684. The first kappa shape index (κ1) is 22.1. The lowest BCUT2D eigenvalue weighted by molar-refractivity contribution is -0.126. The van der Waals surface area contributed by atoms with Crippen LogP contribution in [0.2, 0.25) is 0 Å². The molecule has 1 aliphatic heterocycles. The zero-order chi connectivity index (χ0) is 22.9. The predicted octanol–water partition coefficient (Wildman–Crippen LogP) is 1.83. The van der Waals surface area contributed by atoms with Gasteiger partial charge in [0, 0.05) is 33.7 Å². The van der Waals surface area contributed by atoms with Gasteiger partial charge in [-0.3, -0.25) is 14.2 Å². The first-order chi connectivity index (χ1) is 14.6. The van der Waals surface area contributed by atoms with Gasteiger partial charge >= 0.3 is 0 Å². The average molecular weight is 427 g/mol. The Hall–Kier alpha value is -3.62. The highest BCUT2D eigenvalue weighted by Gasteiger charge is 2.32. The lowest BCUT2D eigenvalue weighted by Crippen LogP contribution is -2.45. The molecule has 1 unspecified atom stereocenters. The van der Waals surface area contributed by atoms with Crippen molar-refractivity contribution in [1.82, 2.24) is 24.7 Å². The fourth-order valence-corrected chi connectivity index (χ4v) is 3.49. The van der Waals surface area contributed by atoms with E-state index in [9.17, 15) is 19.1 Å². The molecule has 2 N–H and O–H groups in total. The standard InChI is InChI=1S/C22H26FN5O3/c1-13(24-12-16-6-8-17(23)9-7-16)18-19(29)22(31)28-11-10-27(14(2)20(28)25-18)15(3)21(30)26(4)5/h6-9,14,24,29H,1,3,10-12H2,2,4-5H3. The number of aromatic hydroxyl groups is 1. The summed E-state index contributed by atoms with van der Waals surface area (Å²) in [7, 11) is 3.29. The molecule has 2 heterocycles. The molecule has 0 saturated carbocycles. The Labute approximate surface area is 179 Å². The number of carbonyl (C=O) groups is 1. The summed E-state index contributed by atoms with van der Waals surface area (Å²) in [6, 6.07) is 5.52. The number of likely N-dealkylation sites (N-methyl/N-ethyl adjacent to an activating group) is 1. The fourth-order valence-electron chi connectivity index (χ4n) is 3.49. The second-order valence-corrected chi connectivity index (χ2v) is 7.60. The Morgan fingerprint density at radius 2 is 1.94 bits per heavy atom. The molecule has 1 aromatic carbocycles. The van der Waals surface area contributed by atoms with E-state index in [0.717, 1.165) is 5.56 Å². The number of nitrogens with zero attached hydrogens (tertiary/aromatic N) is 4. The van der Waals surface area contributed by atoms with Crippen molar-refractivity contribution in [2.24, 2.45) is 0 Å². The van der Waals surface area contributed by atoms with Crippen LogP contribution in [0.3, 0.4) is 0 Å². The van der Waals surface area contributed by atoms with Crippen molar-refractivity contribution in [3.8, 4) is 5.75 Å². The van der Waals surface area contributed by atoms with Crippen LogP contribution >= 0.6 is 0 Å². The normalized spacial score (nSPS) is 15.2. The van der Waals surface area contributed by atoms with Gasteiger partial charge in [0.2, 0.25) is 5.75 Å². The molecule has 0 radical (unpaired) electrons. The van der Waals surface area contributed by atoms with Gasteiger partial charge in [-0.1, -0.05) is 25.3 Å². The number of amides is 1. The van der Waals surface area contributed by atoms with E-state index in [2.05, 4.69) is 23.5 Å². The molecule has 1 atom stereocenters. The van der Waals surface area contributed by atoms with E-state index in [1.807, 2.05) is 6.92 Å². The molecule has 3 rings (SSSR count). The van der Waals surface area contributed by atoms with E-state index in [1.165, 1.54) is 21.6 Å². The summed E-state index contributed by atoms with van der Waals surface area (Å²) in [4.78, 5) is 32.8. The van der Waals surface area contributed by atoms with Crippen LogP contribution in [0.1, 0.15) is 30.0 Å². The molecule has 1 aliphatic rings. The van der Waals surface area contributed by atoms with Crippen molar-refractivity contribution in [3.05, 3.63) is 76.4 Å². The minimum atomic E-state index is -0.569. The van der Waals surface area contributed by atoms with Crippen molar-refractivity contribution in [2.45, 2.75) is 26.1 Å². The molecular formula is C22H26FN5O3. The molecule has 1 amide bonds. The summed E-state index contributed by atoms with van der Waals surface area (Å²) in [6.45, 7) is 10.6. The maximum Gasteiger partial charge on any atom is 0.296 e. The number of hydrogen-bond acceptors (Lipinski definition) is 6. The van der Waals surface area contributed by atoms with E-state index in [0.29, 0.717) is 24.6 Å². The zero-order valence-corrected chi connectivity index (χ0v) is 17.9. The van der Waals surface area contributed by atoms with Crippen molar-refractivity contribution in [3.63, 3.8) is 0 Å². The minimum absolute atomic E-state index is 0.0385. The van der Waals surface area contributed by atoms with E-state index in [-0.39, 0.29) is 29.7 Å².